The molecule has 0 fully saturated rings. The Balaban J connectivity index is 2.38. The molecule has 108 valence electrons. The maximum Gasteiger partial charge on any atom is 0.416 e. The van der Waals surface area contributed by atoms with Gasteiger partial charge in [0.15, 0.2) is 9.84 Å². The standard InChI is InChI=1S/C12H10F3NO2S2/c13-12(14,15)9-1-2-11(10(16)5-9)20(17,18)7-8-3-4-19-6-8/h1-6H,7,16H2. The van der Waals surface area contributed by atoms with Crippen molar-refractivity contribution < 1.29 is 21.6 Å². The first kappa shape index (κ1) is 14.9. The highest BCUT2D eigenvalue weighted by atomic mass is 32.2. The van der Waals surface area contributed by atoms with Gasteiger partial charge in [-0.25, -0.2) is 8.42 Å². The second-order valence-electron chi connectivity index (χ2n) is 4.14. The third-order valence-corrected chi connectivity index (χ3v) is 5.10. The lowest BCUT2D eigenvalue weighted by Gasteiger charge is -2.11. The van der Waals surface area contributed by atoms with E-state index >= 15 is 0 Å². The van der Waals surface area contributed by atoms with Crippen LogP contribution in [0.1, 0.15) is 11.1 Å². The van der Waals surface area contributed by atoms with E-state index in [2.05, 4.69) is 0 Å². The first-order chi connectivity index (χ1) is 9.20. The molecule has 0 atom stereocenters. The minimum absolute atomic E-state index is 0.281. The van der Waals surface area contributed by atoms with Crippen molar-refractivity contribution in [1.29, 1.82) is 0 Å². The summed E-state index contributed by atoms with van der Waals surface area (Å²) < 4.78 is 61.7. The zero-order chi connectivity index (χ0) is 15.0. The van der Waals surface area contributed by atoms with Gasteiger partial charge in [-0.05, 0) is 40.6 Å². The van der Waals surface area contributed by atoms with Gasteiger partial charge in [0.2, 0.25) is 0 Å². The van der Waals surface area contributed by atoms with E-state index < -0.39 is 27.3 Å². The Morgan fingerprint density at radius 1 is 1.20 bits per heavy atom. The molecule has 0 aliphatic rings. The molecular formula is C12H10F3NO2S2. The van der Waals surface area contributed by atoms with Crippen LogP contribution in [0.15, 0.2) is 39.9 Å². The second-order valence-corrected chi connectivity index (χ2v) is 6.88. The van der Waals surface area contributed by atoms with E-state index in [-0.39, 0.29) is 10.6 Å². The summed E-state index contributed by atoms with van der Waals surface area (Å²) in [4.78, 5) is -0.281. The van der Waals surface area contributed by atoms with Crippen LogP contribution in [0, 0.1) is 0 Å². The third kappa shape index (κ3) is 3.13. The summed E-state index contributed by atoms with van der Waals surface area (Å²) in [6, 6.07) is 3.90. The normalized spacial score (nSPS) is 12.6. The second kappa shape index (κ2) is 5.10. The SMILES string of the molecule is Nc1cc(C(F)(F)F)ccc1S(=O)(=O)Cc1ccsc1. The fourth-order valence-corrected chi connectivity index (χ4v) is 3.92. The van der Waals surface area contributed by atoms with Gasteiger partial charge in [0, 0.05) is 0 Å². The van der Waals surface area contributed by atoms with Gasteiger partial charge >= 0.3 is 6.18 Å². The number of anilines is 1. The molecule has 0 bridgehead atoms. The minimum atomic E-state index is -4.55. The lowest BCUT2D eigenvalue weighted by Crippen LogP contribution is -2.11. The summed E-state index contributed by atoms with van der Waals surface area (Å²) in [6.07, 6.45) is -4.55. The first-order valence-corrected chi connectivity index (χ1v) is 8.00. The Morgan fingerprint density at radius 3 is 2.40 bits per heavy atom. The number of rotatable bonds is 3. The summed E-state index contributed by atoms with van der Waals surface area (Å²) in [5, 5.41) is 3.39. The molecule has 0 amide bonds. The lowest BCUT2D eigenvalue weighted by atomic mass is 10.2. The predicted octanol–water partition coefficient (Wildman–Crippen LogP) is 3.32. The highest BCUT2D eigenvalue weighted by Gasteiger charge is 2.32. The van der Waals surface area contributed by atoms with Crippen LogP contribution in [-0.2, 0) is 21.8 Å². The predicted molar refractivity (Wildman–Crippen MR) is 71.1 cm³/mol. The number of halogens is 3. The van der Waals surface area contributed by atoms with Crippen molar-refractivity contribution in [3.8, 4) is 0 Å². The number of nitrogen functional groups attached to an aromatic ring is 1. The topological polar surface area (TPSA) is 60.2 Å². The van der Waals surface area contributed by atoms with E-state index in [4.69, 9.17) is 5.73 Å². The summed E-state index contributed by atoms with van der Waals surface area (Å²) in [5.41, 5.74) is 4.67. The van der Waals surface area contributed by atoms with Crippen LogP contribution in [0.2, 0.25) is 0 Å². The zero-order valence-corrected chi connectivity index (χ0v) is 11.6. The van der Waals surface area contributed by atoms with Crippen molar-refractivity contribution >= 4 is 26.9 Å². The molecule has 0 aliphatic heterocycles. The van der Waals surface area contributed by atoms with E-state index in [1.165, 1.54) is 11.3 Å². The molecular weight excluding hydrogens is 311 g/mol. The maximum absolute atomic E-state index is 12.5. The molecule has 0 radical (unpaired) electrons. The third-order valence-electron chi connectivity index (χ3n) is 2.61. The fourth-order valence-electron chi connectivity index (χ4n) is 1.68. The summed E-state index contributed by atoms with van der Waals surface area (Å²) in [7, 11) is -3.76. The van der Waals surface area contributed by atoms with Crippen LogP contribution in [0.4, 0.5) is 18.9 Å². The molecule has 20 heavy (non-hydrogen) atoms. The van der Waals surface area contributed by atoms with E-state index in [0.717, 1.165) is 12.1 Å². The maximum atomic E-state index is 12.5. The Bertz CT molecular complexity index is 707. The molecule has 0 aliphatic carbocycles. The monoisotopic (exact) mass is 321 g/mol. The highest BCUT2D eigenvalue weighted by molar-refractivity contribution is 7.90. The molecule has 0 saturated carbocycles. The van der Waals surface area contributed by atoms with Gasteiger partial charge in [-0.1, -0.05) is 0 Å². The van der Waals surface area contributed by atoms with E-state index in [0.29, 0.717) is 11.6 Å². The van der Waals surface area contributed by atoms with Crippen molar-refractivity contribution in [3.05, 3.63) is 46.2 Å². The van der Waals surface area contributed by atoms with Crippen molar-refractivity contribution in [2.45, 2.75) is 16.8 Å². The van der Waals surface area contributed by atoms with Crippen LogP contribution < -0.4 is 5.73 Å². The number of alkyl halides is 3. The summed E-state index contributed by atoms with van der Waals surface area (Å²) in [6.45, 7) is 0. The van der Waals surface area contributed by atoms with Crippen LogP contribution >= 0.6 is 11.3 Å². The van der Waals surface area contributed by atoms with Crippen LogP contribution in [0.3, 0.4) is 0 Å². The Labute approximate surface area is 117 Å². The van der Waals surface area contributed by atoms with Gasteiger partial charge in [0.25, 0.3) is 0 Å². The van der Waals surface area contributed by atoms with Crippen LogP contribution in [-0.4, -0.2) is 8.42 Å². The highest BCUT2D eigenvalue weighted by Crippen LogP contribution is 2.33. The fraction of sp³-hybridized carbons (Fsp3) is 0.167. The number of thiophene rings is 1. The van der Waals surface area contributed by atoms with E-state index in [1.54, 1.807) is 16.8 Å². The van der Waals surface area contributed by atoms with Crippen molar-refractivity contribution in [3.63, 3.8) is 0 Å². The lowest BCUT2D eigenvalue weighted by molar-refractivity contribution is -0.137. The molecule has 2 aromatic rings. The zero-order valence-electron chi connectivity index (χ0n) is 10.0. The Morgan fingerprint density at radius 2 is 1.90 bits per heavy atom. The van der Waals surface area contributed by atoms with Gasteiger partial charge in [0.05, 0.1) is 21.9 Å². The van der Waals surface area contributed by atoms with E-state index in [9.17, 15) is 21.6 Å². The molecule has 0 unspecified atom stereocenters. The number of nitrogens with two attached hydrogens (primary N) is 1. The van der Waals surface area contributed by atoms with Crippen molar-refractivity contribution in [2.24, 2.45) is 0 Å². The van der Waals surface area contributed by atoms with Crippen LogP contribution in [0.5, 0.6) is 0 Å². The molecule has 2 rings (SSSR count). The molecule has 1 aromatic carbocycles. The quantitative estimate of drug-likeness (QED) is 0.882. The smallest absolute Gasteiger partial charge is 0.398 e. The average molecular weight is 321 g/mol. The largest absolute Gasteiger partial charge is 0.416 e. The van der Waals surface area contributed by atoms with Gasteiger partial charge in [0.1, 0.15) is 0 Å². The number of hydrogen-bond acceptors (Lipinski definition) is 4. The van der Waals surface area contributed by atoms with Crippen molar-refractivity contribution in [2.75, 3.05) is 5.73 Å². The van der Waals surface area contributed by atoms with Crippen LogP contribution in [0.25, 0.3) is 0 Å². The van der Waals surface area contributed by atoms with Gasteiger partial charge < -0.3 is 5.73 Å². The molecule has 0 spiro atoms. The number of hydrogen-bond donors (Lipinski definition) is 1. The Kier molecular flexibility index (Phi) is 3.79. The molecule has 2 N–H and O–H groups in total. The molecule has 8 heteroatoms. The summed E-state index contributed by atoms with van der Waals surface area (Å²) >= 11 is 1.34. The molecule has 0 saturated heterocycles. The minimum Gasteiger partial charge on any atom is -0.398 e. The van der Waals surface area contributed by atoms with Gasteiger partial charge in [-0.15, -0.1) is 0 Å². The molecule has 1 heterocycles. The number of benzene rings is 1. The number of sulfone groups is 1. The average Bonchev–Trinajstić information content (AvgIpc) is 2.79. The summed E-state index contributed by atoms with van der Waals surface area (Å²) in [5.74, 6) is -0.286. The molecule has 1 aromatic heterocycles. The first-order valence-electron chi connectivity index (χ1n) is 5.41. The van der Waals surface area contributed by atoms with E-state index in [1.807, 2.05) is 0 Å². The van der Waals surface area contributed by atoms with Crippen molar-refractivity contribution in [1.82, 2.24) is 0 Å². The Hall–Kier alpha value is -1.54. The van der Waals surface area contributed by atoms with Gasteiger partial charge in [-0.2, -0.15) is 24.5 Å². The molecule has 3 nitrogen and oxygen atoms in total. The van der Waals surface area contributed by atoms with Gasteiger partial charge in [-0.3, -0.25) is 0 Å².